The number of aromatic nitrogens is 1. The zero-order chi connectivity index (χ0) is 15.1. The van der Waals surface area contributed by atoms with Crippen LogP contribution < -0.4 is 10.1 Å². The van der Waals surface area contributed by atoms with Gasteiger partial charge in [0.05, 0.1) is 18.3 Å². The molecule has 0 saturated heterocycles. The van der Waals surface area contributed by atoms with Crippen molar-refractivity contribution in [3.05, 3.63) is 47.7 Å². The lowest BCUT2D eigenvalue weighted by Crippen LogP contribution is -2.31. The van der Waals surface area contributed by atoms with E-state index in [1.807, 2.05) is 13.0 Å². The SMILES string of the molecule is Cc1cnc(CNCC(O)COc2ccccc2C#N)o1. The number of hydrogen-bond donors (Lipinski definition) is 2. The first-order valence-corrected chi connectivity index (χ1v) is 6.61. The summed E-state index contributed by atoms with van der Waals surface area (Å²) in [4.78, 5) is 4.05. The van der Waals surface area contributed by atoms with E-state index < -0.39 is 6.10 Å². The van der Waals surface area contributed by atoms with Gasteiger partial charge in [0.25, 0.3) is 0 Å². The van der Waals surface area contributed by atoms with Crippen molar-refractivity contribution in [1.29, 1.82) is 5.26 Å². The number of aryl methyl sites for hydroxylation is 1. The number of benzene rings is 1. The highest BCUT2D eigenvalue weighted by Crippen LogP contribution is 2.16. The zero-order valence-corrected chi connectivity index (χ0v) is 11.7. The van der Waals surface area contributed by atoms with Crippen LogP contribution in [0.5, 0.6) is 5.75 Å². The molecular weight excluding hydrogens is 270 g/mol. The molecule has 0 bridgehead atoms. The summed E-state index contributed by atoms with van der Waals surface area (Å²) < 4.78 is 10.7. The summed E-state index contributed by atoms with van der Waals surface area (Å²) in [6.07, 6.45) is 0.961. The highest BCUT2D eigenvalue weighted by Gasteiger charge is 2.08. The largest absolute Gasteiger partial charge is 0.489 e. The minimum atomic E-state index is -0.687. The molecule has 2 rings (SSSR count). The Hall–Kier alpha value is -2.36. The molecule has 110 valence electrons. The summed E-state index contributed by atoms with van der Waals surface area (Å²) >= 11 is 0. The van der Waals surface area contributed by atoms with Crippen LogP contribution >= 0.6 is 0 Å². The molecule has 6 heteroatoms. The van der Waals surface area contributed by atoms with Gasteiger partial charge in [-0.05, 0) is 19.1 Å². The predicted octanol–water partition coefficient (Wildman–Crippen LogP) is 1.38. The topological polar surface area (TPSA) is 91.3 Å². The number of rotatable bonds is 7. The average Bonchev–Trinajstić information content (AvgIpc) is 2.91. The van der Waals surface area contributed by atoms with Crippen LogP contribution in [-0.2, 0) is 6.54 Å². The van der Waals surface area contributed by atoms with Crippen molar-refractivity contribution in [3.63, 3.8) is 0 Å². The van der Waals surface area contributed by atoms with Gasteiger partial charge in [-0.3, -0.25) is 0 Å². The number of para-hydroxylation sites is 1. The number of oxazole rings is 1. The third-order valence-corrected chi connectivity index (χ3v) is 2.76. The maximum atomic E-state index is 9.84. The Morgan fingerprint density at radius 2 is 2.29 bits per heavy atom. The second kappa shape index (κ2) is 7.43. The van der Waals surface area contributed by atoms with Crippen LogP contribution in [0.2, 0.25) is 0 Å². The third-order valence-electron chi connectivity index (χ3n) is 2.76. The van der Waals surface area contributed by atoms with Crippen LogP contribution in [0.4, 0.5) is 0 Å². The van der Waals surface area contributed by atoms with E-state index in [0.29, 0.717) is 30.3 Å². The first-order valence-electron chi connectivity index (χ1n) is 6.61. The van der Waals surface area contributed by atoms with Crippen molar-refractivity contribution < 1.29 is 14.3 Å². The van der Waals surface area contributed by atoms with E-state index in [9.17, 15) is 5.11 Å². The predicted molar refractivity (Wildman–Crippen MR) is 75.6 cm³/mol. The van der Waals surface area contributed by atoms with E-state index in [1.165, 1.54) is 0 Å². The van der Waals surface area contributed by atoms with Gasteiger partial charge in [-0.2, -0.15) is 5.26 Å². The van der Waals surface area contributed by atoms with E-state index in [-0.39, 0.29) is 6.61 Å². The highest BCUT2D eigenvalue weighted by molar-refractivity contribution is 5.42. The van der Waals surface area contributed by atoms with Gasteiger partial charge in [0.15, 0.2) is 0 Å². The summed E-state index contributed by atoms with van der Waals surface area (Å²) in [5, 5.41) is 21.8. The standard InChI is InChI=1S/C15H17N3O3/c1-11-7-18-15(21-11)9-17-8-13(19)10-20-14-5-3-2-4-12(14)6-16/h2-5,7,13,17,19H,8-10H2,1H3. The van der Waals surface area contributed by atoms with Crippen LogP contribution in [0.1, 0.15) is 17.2 Å². The van der Waals surface area contributed by atoms with Crippen LogP contribution in [0.15, 0.2) is 34.9 Å². The molecule has 0 saturated carbocycles. The number of aliphatic hydroxyl groups excluding tert-OH is 1. The second-order valence-electron chi connectivity index (χ2n) is 4.57. The molecule has 1 unspecified atom stereocenters. The van der Waals surface area contributed by atoms with Gasteiger partial charge in [-0.15, -0.1) is 0 Å². The molecule has 1 heterocycles. The van der Waals surface area contributed by atoms with Crippen LogP contribution in [-0.4, -0.2) is 29.3 Å². The molecule has 0 spiro atoms. The maximum Gasteiger partial charge on any atom is 0.208 e. The summed E-state index contributed by atoms with van der Waals surface area (Å²) in [6.45, 7) is 2.72. The summed E-state index contributed by atoms with van der Waals surface area (Å²) in [5.41, 5.74) is 0.452. The van der Waals surface area contributed by atoms with Gasteiger partial charge in [-0.25, -0.2) is 4.98 Å². The maximum absolute atomic E-state index is 9.84. The molecule has 0 aliphatic carbocycles. The van der Waals surface area contributed by atoms with Gasteiger partial charge in [0.1, 0.15) is 30.3 Å². The van der Waals surface area contributed by atoms with Gasteiger partial charge in [-0.1, -0.05) is 12.1 Å². The van der Waals surface area contributed by atoms with E-state index in [0.717, 1.165) is 5.76 Å². The molecule has 0 aliphatic rings. The Morgan fingerprint density at radius 1 is 1.48 bits per heavy atom. The van der Waals surface area contributed by atoms with E-state index in [4.69, 9.17) is 14.4 Å². The molecule has 0 fully saturated rings. The van der Waals surface area contributed by atoms with Crippen LogP contribution in [0.3, 0.4) is 0 Å². The first-order chi connectivity index (χ1) is 10.2. The van der Waals surface area contributed by atoms with Crippen molar-refractivity contribution in [2.45, 2.75) is 19.6 Å². The number of hydrogen-bond acceptors (Lipinski definition) is 6. The highest BCUT2D eigenvalue weighted by atomic mass is 16.5. The molecule has 2 N–H and O–H groups in total. The van der Waals surface area contributed by atoms with Gasteiger partial charge < -0.3 is 19.6 Å². The number of nitrogens with zero attached hydrogens (tertiary/aromatic N) is 2. The monoisotopic (exact) mass is 287 g/mol. The van der Waals surface area contributed by atoms with Crippen LogP contribution in [0, 0.1) is 18.3 Å². The Balaban J connectivity index is 1.72. The fraction of sp³-hybridized carbons (Fsp3) is 0.333. The van der Waals surface area contributed by atoms with Crippen molar-refractivity contribution in [3.8, 4) is 11.8 Å². The number of nitrogens with one attached hydrogen (secondary N) is 1. The molecular formula is C15H17N3O3. The Kier molecular flexibility index (Phi) is 5.32. The zero-order valence-electron chi connectivity index (χ0n) is 11.7. The molecule has 0 amide bonds. The fourth-order valence-corrected chi connectivity index (χ4v) is 1.76. The minimum Gasteiger partial charge on any atom is -0.489 e. The van der Waals surface area contributed by atoms with E-state index in [1.54, 1.807) is 30.5 Å². The van der Waals surface area contributed by atoms with Gasteiger partial charge >= 0.3 is 0 Å². The number of aliphatic hydroxyl groups is 1. The molecule has 1 atom stereocenters. The third kappa shape index (κ3) is 4.60. The van der Waals surface area contributed by atoms with Crippen molar-refractivity contribution >= 4 is 0 Å². The lowest BCUT2D eigenvalue weighted by atomic mass is 10.2. The van der Waals surface area contributed by atoms with Crippen molar-refractivity contribution in [1.82, 2.24) is 10.3 Å². The second-order valence-corrected chi connectivity index (χ2v) is 4.57. The molecule has 21 heavy (non-hydrogen) atoms. The summed E-state index contributed by atoms with van der Waals surface area (Å²) in [5.74, 6) is 1.81. The molecule has 1 aromatic heterocycles. The number of nitriles is 1. The van der Waals surface area contributed by atoms with E-state index >= 15 is 0 Å². The number of ether oxygens (including phenoxy) is 1. The Labute approximate surface area is 123 Å². The van der Waals surface area contributed by atoms with Crippen molar-refractivity contribution in [2.75, 3.05) is 13.2 Å². The molecule has 0 aliphatic heterocycles. The lowest BCUT2D eigenvalue weighted by molar-refractivity contribution is 0.105. The first kappa shape index (κ1) is 15.0. The molecule has 0 radical (unpaired) electrons. The average molecular weight is 287 g/mol. The van der Waals surface area contributed by atoms with E-state index in [2.05, 4.69) is 10.3 Å². The van der Waals surface area contributed by atoms with Gasteiger partial charge in [0.2, 0.25) is 5.89 Å². The quantitative estimate of drug-likeness (QED) is 0.799. The minimum absolute atomic E-state index is 0.107. The van der Waals surface area contributed by atoms with Crippen molar-refractivity contribution in [2.24, 2.45) is 0 Å². The van der Waals surface area contributed by atoms with Crippen LogP contribution in [0.25, 0.3) is 0 Å². The summed E-state index contributed by atoms with van der Waals surface area (Å²) in [7, 11) is 0. The molecule has 1 aromatic carbocycles. The molecule has 2 aromatic rings. The summed E-state index contributed by atoms with van der Waals surface area (Å²) in [6, 6.07) is 8.97. The Morgan fingerprint density at radius 3 is 3.00 bits per heavy atom. The van der Waals surface area contributed by atoms with Gasteiger partial charge in [0, 0.05) is 6.54 Å². The normalized spacial score (nSPS) is 11.9. The molecule has 6 nitrogen and oxygen atoms in total. The lowest BCUT2D eigenvalue weighted by Gasteiger charge is -2.13. The Bertz CT molecular complexity index is 619. The smallest absolute Gasteiger partial charge is 0.208 e. The fourth-order valence-electron chi connectivity index (χ4n) is 1.76.